The summed E-state index contributed by atoms with van der Waals surface area (Å²) in [5.74, 6) is 1.58. The molecule has 0 radical (unpaired) electrons. The zero-order valence-corrected chi connectivity index (χ0v) is 13.8. The van der Waals surface area contributed by atoms with E-state index in [9.17, 15) is 5.11 Å². The number of hydrogen-bond donors (Lipinski definition) is 1. The Morgan fingerprint density at radius 2 is 1.86 bits per heavy atom. The maximum absolute atomic E-state index is 11.5. The molecule has 21 heavy (non-hydrogen) atoms. The minimum Gasteiger partial charge on any atom is -0.497 e. The Labute approximate surface area is 128 Å². The Hall–Kier alpha value is -1.02. The molecule has 0 aromatic heterocycles. The second-order valence-electron chi connectivity index (χ2n) is 7.93. The van der Waals surface area contributed by atoms with Crippen molar-refractivity contribution in [3.63, 3.8) is 0 Å². The van der Waals surface area contributed by atoms with Crippen molar-refractivity contribution in [1.82, 2.24) is 0 Å². The zero-order chi connectivity index (χ0) is 15.3. The van der Waals surface area contributed by atoms with E-state index in [0.717, 1.165) is 18.6 Å². The number of aryl methyl sites for hydroxylation is 1. The van der Waals surface area contributed by atoms with Crippen LogP contribution >= 0.6 is 0 Å². The first-order valence-corrected chi connectivity index (χ1v) is 8.18. The van der Waals surface area contributed by atoms with Crippen LogP contribution in [0.4, 0.5) is 0 Å². The van der Waals surface area contributed by atoms with Gasteiger partial charge in [-0.15, -0.1) is 0 Å². The molecule has 2 aliphatic rings. The van der Waals surface area contributed by atoms with Crippen LogP contribution < -0.4 is 4.74 Å². The van der Waals surface area contributed by atoms with Crippen LogP contribution in [0.15, 0.2) is 24.3 Å². The van der Waals surface area contributed by atoms with Crippen LogP contribution in [0, 0.1) is 16.7 Å². The predicted octanol–water partition coefficient (Wildman–Crippen LogP) is 4.21. The van der Waals surface area contributed by atoms with Crippen molar-refractivity contribution in [2.75, 3.05) is 7.11 Å². The molecule has 2 saturated carbocycles. The van der Waals surface area contributed by atoms with Crippen LogP contribution in [0.5, 0.6) is 5.75 Å². The van der Waals surface area contributed by atoms with Crippen molar-refractivity contribution >= 4 is 0 Å². The third-order valence-corrected chi connectivity index (χ3v) is 6.76. The first-order chi connectivity index (χ1) is 9.82. The summed E-state index contributed by atoms with van der Waals surface area (Å²) in [7, 11) is 1.69. The van der Waals surface area contributed by atoms with E-state index < -0.39 is 5.60 Å². The molecule has 0 spiro atoms. The zero-order valence-electron chi connectivity index (χ0n) is 13.8. The smallest absolute Gasteiger partial charge is 0.118 e. The number of rotatable bonds is 4. The van der Waals surface area contributed by atoms with Gasteiger partial charge in [-0.1, -0.05) is 32.9 Å². The van der Waals surface area contributed by atoms with Gasteiger partial charge in [-0.25, -0.2) is 0 Å². The van der Waals surface area contributed by atoms with Gasteiger partial charge in [0.2, 0.25) is 0 Å². The van der Waals surface area contributed by atoms with E-state index in [1.807, 2.05) is 12.1 Å². The lowest BCUT2D eigenvalue weighted by Gasteiger charge is -2.51. The molecular weight excluding hydrogens is 260 g/mol. The van der Waals surface area contributed by atoms with Gasteiger partial charge in [0.05, 0.1) is 12.7 Å². The molecule has 2 aliphatic carbocycles. The highest BCUT2D eigenvalue weighted by atomic mass is 16.5. The average molecular weight is 288 g/mol. The molecule has 0 amide bonds. The lowest BCUT2D eigenvalue weighted by Crippen LogP contribution is -2.54. The minimum atomic E-state index is -0.539. The summed E-state index contributed by atoms with van der Waals surface area (Å²) < 4.78 is 5.21. The van der Waals surface area contributed by atoms with E-state index in [-0.39, 0.29) is 10.8 Å². The largest absolute Gasteiger partial charge is 0.497 e. The van der Waals surface area contributed by atoms with Gasteiger partial charge >= 0.3 is 0 Å². The van der Waals surface area contributed by atoms with E-state index in [1.165, 1.54) is 24.8 Å². The molecule has 2 fully saturated rings. The molecule has 0 heterocycles. The van der Waals surface area contributed by atoms with Gasteiger partial charge in [0.15, 0.2) is 0 Å². The number of aliphatic hydroxyl groups is 1. The first kappa shape index (κ1) is 14.9. The van der Waals surface area contributed by atoms with Crippen LogP contribution in [0.25, 0.3) is 0 Å². The van der Waals surface area contributed by atoms with E-state index >= 15 is 0 Å². The number of fused-ring (bicyclic) bond motifs is 2. The Morgan fingerprint density at radius 1 is 1.19 bits per heavy atom. The Morgan fingerprint density at radius 3 is 2.38 bits per heavy atom. The van der Waals surface area contributed by atoms with Crippen molar-refractivity contribution in [3.8, 4) is 5.75 Å². The van der Waals surface area contributed by atoms with Gasteiger partial charge in [0.25, 0.3) is 0 Å². The Bertz CT molecular complexity index is 512. The molecule has 0 saturated heterocycles. The third-order valence-electron chi connectivity index (χ3n) is 6.76. The summed E-state index contributed by atoms with van der Waals surface area (Å²) in [5, 5.41) is 11.5. The fraction of sp³-hybridized carbons (Fsp3) is 0.684. The van der Waals surface area contributed by atoms with Crippen molar-refractivity contribution in [3.05, 3.63) is 29.8 Å². The average Bonchev–Trinajstić information content (AvgIpc) is 2.94. The van der Waals surface area contributed by atoms with Gasteiger partial charge < -0.3 is 9.84 Å². The standard InChI is InChI=1S/C19H28O2/c1-17(2)15-10-11-18(3,13-15)19(17,20)12-9-14-5-7-16(21-4)8-6-14/h5-8,15,20H,9-13H2,1-4H3. The van der Waals surface area contributed by atoms with Crippen LogP contribution in [0.3, 0.4) is 0 Å². The van der Waals surface area contributed by atoms with Gasteiger partial charge in [0.1, 0.15) is 5.75 Å². The van der Waals surface area contributed by atoms with Crippen LogP contribution in [0.1, 0.15) is 52.0 Å². The fourth-order valence-electron chi connectivity index (χ4n) is 5.09. The third kappa shape index (κ3) is 2.03. The monoisotopic (exact) mass is 288 g/mol. The highest BCUT2D eigenvalue weighted by molar-refractivity contribution is 5.28. The van der Waals surface area contributed by atoms with Crippen molar-refractivity contribution < 1.29 is 9.84 Å². The van der Waals surface area contributed by atoms with Gasteiger partial charge in [-0.05, 0) is 66.5 Å². The maximum Gasteiger partial charge on any atom is 0.118 e. The second kappa shape index (κ2) is 4.74. The maximum atomic E-state index is 11.5. The molecule has 3 atom stereocenters. The van der Waals surface area contributed by atoms with Gasteiger partial charge in [-0.2, -0.15) is 0 Å². The second-order valence-corrected chi connectivity index (χ2v) is 7.93. The Kier molecular flexibility index (Phi) is 3.36. The summed E-state index contributed by atoms with van der Waals surface area (Å²) >= 11 is 0. The number of methoxy groups -OCH3 is 1. The van der Waals surface area contributed by atoms with Crippen LogP contribution in [0.2, 0.25) is 0 Å². The van der Waals surface area contributed by atoms with Crippen molar-refractivity contribution in [2.45, 2.75) is 58.5 Å². The normalized spacial score (nSPS) is 36.9. The molecule has 116 valence electrons. The molecule has 1 aromatic carbocycles. The van der Waals surface area contributed by atoms with Gasteiger partial charge in [-0.3, -0.25) is 0 Å². The van der Waals surface area contributed by atoms with Crippen molar-refractivity contribution in [2.24, 2.45) is 16.7 Å². The van der Waals surface area contributed by atoms with Crippen molar-refractivity contribution in [1.29, 1.82) is 0 Å². The summed E-state index contributed by atoms with van der Waals surface area (Å²) in [6.45, 7) is 6.85. The first-order valence-electron chi connectivity index (χ1n) is 8.18. The topological polar surface area (TPSA) is 29.5 Å². The summed E-state index contributed by atoms with van der Waals surface area (Å²) in [6, 6.07) is 8.25. The van der Waals surface area contributed by atoms with E-state index in [2.05, 4.69) is 32.9 Å². The molecule has 3 rings (SSSR count). The van der Waals surface area contributed by atoms with Crippen LogP contribution in [-0.2, 0) is 6.42 Å². The summed E-state index contributed by atoms with van der Waals surface area (Å²) in [4.78, 5) is 0. The van der Waals surface area contributed by atoms with Gasteiger partial charge in [0, 0.05) is 0 Å². The molecule has 3 unspecified atom stereocenters. The molecule has 2 heteroatoms. The van der Waals surface area contributed by atoms with E-state index in [4.69, 9.17) is 4.74 Å². The fourth-order valence-corrected chi connectivity index (χ4v) is 5.09. The minimum absolute atomic E-state index is 0.0342. The lowest BCUT2D eigenvalue weighted by atomic mass is 9.58. The predicted molar refractivity (Wildman–Crippen MR) is 85.5 cm³/mol. The highest BCUT2D eigenvalue weighted by Crippen LogP contribution is 2.69. The van der Waals surface area contributed by atoms with E-state index in [0.29, 0.717) is 5.92 Å². The van der Waals surface area contributed by atoms with Crippen LogP contribution in [-0.4, -0.2) is 17.8 Å². The molecule has 1 aromatic rings. The van der Waals surface area contributed by atoms with E-state index in [1.54, 1.807) is 7.11 Å². The summed E-state index contributed by atoms with van der Waals surface area (Å²) in [5.41, 5.74) is 0.884. The Balaban J connectivity index is 1.77. The number of benzene rings is 1. The molecule has 2 nitrogen and oxygen atoms in total. The SMILES string of the molecule is COc1ccc(CCC2(O)C3(C)CCC(C3)C2(C)C)cc1. The lowest BCUT2D eigenvalue weighted by molar-refractivity contribution is -0.147. The molecular formula is C19H28O2. The quantitative estimate of drug-likeness (QED) is 0.899. The number of ether oxygens (including phenoxy) is 1. The highest BCUT2D eigenvalue weighted by Gasteiger charge is 2.67. The molecule has 0 aliphatic heterocycles. The molecule has 1 N–H and O–H groups in total. The summed E-state index contributed by atoms with van der Waals surface area (Å²) in [6.07, 6.45) is 5.46. The molecule has 2 bridgehead atoms. The number of hydrogen-bond acceptors (Lipinski definition) is 2.